The number of ether oxygens (including phenoxy) is 1. The quantitative estimate of drug-likeness (QED) is 0.622. The summed E-state index contributed by atoms with van der Waals surface area (Å²) in [6, 6.07) is 11.5. The van der Waals surface area contributed by atoms with Crippen molar-refractivity contribution in [1.82, 2.24) is 0 Å². The van der Waals surface area contributed by atoms with E-state index in [9.17, 15) is 0 Å². The summed E-state index contributed by atoms with van der Waals surface area (Å²) in [5, 5.41) is 9.07. The van der Waals surface area contributed by atoms with E-state index in [1.54, 1.807) is 12.1 Å². The molecule has 4 heteroatoms. The lowest BCUT2D eigenvalue weighted by Crippen LogP contribution is -2.24. The third-order valence-corrected chi connectivity index (χ3v) is 5.52. The first kappa shape index (κ1) is 17.4. The summed E-state index contributed by atoms with van der Waals surface area (Å²) < 4.78 is 7.91. The Labute approximate surface area is 148 Å². The van der Waals surface area contributed by atoms with E-state index in [0.29, 0.717) is 11.9 Å². The number of aromatic hydroxyl groups is 1. The minimum Gasteiger partial charge on any atom is -0.508 e. The van der Waals surface area contributed by atoms with Gasteiger partial charge in [-0.1, -0.05) is 44.0 Å². The molecule has 1 aliphatic rings. The van der Waals surface area contributed by atoms with Gasteiger partial charge in [-0.2, -0.15) is 0 Å². The molecule has 22 heavy (non-hydrogen) atoms. The summed E-state index contributed by atoms with van der Waals surface area (Å²) >= 11 is 6.78. The molecular formula is C18H20Br2O2. The zero-order chi connectivity index (χ0) is 16.1. The molecule has 1 N–H and O–H groups in total. The van der Waals surface area contributed by atoms with Crippen molar-refractivity contribution < 1.29 is 9.84 Å². The van der Waals surface area contributed by atoms with Crippen molar-refractivity contribution in [2.75, 3.05) is 0 Å². The van der Waals surface area contributed by atoms with E-state index in [2.05, 4.69) is 38.8 Å². The van der Waals surface area contributed by atoms with E-state index in [-0.39, 0.29) is 0 Å². The van der Waals surface area contributed by atoms with Crippen LogP contribution >= 0.6 is 31.9 Å². The maximum absolute atomic E-state index is 9.07. The maximum Gasteiger partial charge on any atom is 0.123 e. The van der Waals surface area contributed by atoms with E-state index in [1.807, 2.05) is 31.2 Å². The van der Waals surface area contributed by atoms with Gasteiger partial charge in [-0.15, -0.1) is 0 Å². The number of phenolic OH excluding ortho intramolecular Hbond substituents is 1. The number of hydrogen-bond acceptors (Lipinski definition) is 2. The maximum atomic E-state index is 9.07. The van der Waals surface area contributed by atoms with Crippen molar-refractivity contribution in [3.05, 3.63) is 56.5 Å². The molecule has 0 unspecified atom stereocenters. The monoisotopic (exact) mass is 426 g/mol. The van der Waals surface area contributed by atoms with Gasteiger partial charge in [-0.3, -0.25) is 0 Å². The molecule has 0 saturated heterocycles. The smallest absolute Gasteiger partial charge is 0.123 e. The number of hydrogen-bond donors (Lipinski definition) is 1. The number of phenols is 1. The molecule has 0 radical (unpaired) electrons. The van der Waals surface area contributed by atoms with Crippen LogP contribution in [0.1, 0.15) is 30.4 Å². The van der Waals surface area contributed by atoms with E-state index >= 15 is 0 Å². The van der Waals surface area contributed by atoms with Crippen LogP contribution in [0.2, 0.25) is 0 Å². The van der Waals surface area contributed by atoms with E-state index in [0.717, 1.165) is 20.3 Å². The van der Waals surface area contributed by atoms with Crippen molar-refractivity contribution in [3.8, 4) is 11.5 Å². The summed E-state index contributed by atoms with van der Waals surface area (Å²) in [7, 11) is 0. The van der Waals surface area contributed by atoms with Crippen LogP contribution in [0.5, 0.6) is 11.5 Å². The highest BCUT2D eigenvalue weighted by molar-refractivity contribution is 9.10. The lowest BCUT2D eigenvalue weighted by atomic mass is 9.96. The van der Waals surface area contributed by atoms with Gasteiger partial charge in [0.2, 0.25) is 0 Å². The average molecular weight is 428 g/mol. The van der Waals surface area contributed by atoms with Crippen molar-refractivity contribution in [2.45, 2.75) is 39.2 Å². The molecule has 0 aromatic heterocycles. The molecule has 118 valence electrons. The van der Waals surface area contributed by atoms with Crippen molar-refractivity contribution >= 4 is 31.9 Å². The third-order valence-electron chi connectivity index (χ3n) is 3.80. The molecule has 0 bridgehead atoms. The van der Waals surface area contributed by atoms with Gasteiger partial charge in [0.15, 0.2) is 0 Å². The fourth-order valence-corrected chi connectivity index (χ4v) is 2.68. The Morgan fingerprint density at radius 2 is 1.55 bits per heavy atom. The SMILES string of the molecule is Cc1c(Br)cccc1OC1CCC1.Cc1c(O)cccc1Br. The molecule has 1 saturated carbocycles. The largest absolute Gasteiger partial charge is 0.508 e. The van der Waals surface area contributed by atoms with Gasteiger partial charge in [-0.25, -0.2) is 0 Å². The first-order valence-electron chi connectivity index (χ1n) is 7.35. The van der Waals surface area contributed by atoms with Crippen molar-refractivity contribution in [1.29, 1.82) is 0 Å². The van der Waals surface area contributed by atoms with Crippen LogP contribution in [0.4, 0.5) is 0 Å². The van der Waals surface area contributed by atoms with Gasteiger partial charge in [0.25, 0.3) is 0 Å². The predicted octanol–water partition coefficient (Wildman–Crippen LogP) is 6.15. The van der Waals surface area contributed by atoms with Crippen LogP contribution in [0, 0.1) is 13.8 Å². The average Bonchev–Trinajstić information content (AvgIpc) is 2.45. The van der Waals surface area contributed by atoms with Gasteiger partial charge in [0.05, 0.1) is 6.10 Å². The highest BCUT2D eigenvalue weighted by Gasteiger charge is 2.19. The topological polar surface area (TPSA) is 29.5 Å². The van der Waals surface area contributed by atoms with Crippen LogP contribution < -0.4 is 4.74 Å². The Kier molecular flexibility index (Phi) is 6.33. The normalized spacial score (nSPS) is 13.8. The molecule has 3 rings (SSSR count). The zero-order valence-electron chi connectivity index (χ0n) is 12.8. The molecular weight excluding hydrogens is 408 g/mol. The minimum absolute atomic E-state index is 0.337. The van der Waals surface area contributed by atoms with Crippen LogP contribution in [-0.2, 0) is 0 Å². The lowest BCUT2D eigenvalue weighted by Gasteiger charge is -2.27. The van der Waals surface area contributed by atoms with Crippen molar-refractivity contribution in [3.63, 3.8) is 0 Å². The second-order valence-electron chi connectivity index (χ2n) is 5.42. The van der Waals surface area contributed by atoms with Crippen LogP contribution in [-0.4, -0.2) is 11.2 Å². The van der Waals surface area contributed by atoms with Crippen LogP contribution in [0.25, 0.3) is 0 Å². The Balaban J connectivity index is 0.000000172. The molecule has 1 fully saturated rings. The molecule has 2 aromatic rings. The number of benzene rings is 2. The standard InChI is InChI=1S/C11H13BrO.C7H7BrO/c1-8-10(12)6-3-7-11(8)13-9-4-2-5-9;1-5-6(8)3-2-4-7(5)9/h3,6-7,9H,2,4-5H2,1H3;2-4,9H,1H3. The Morgan fingerprint density at radius 3 is 2.05 bits per heavy atom. The summed E-state index contributed by atoms with van der Waals surface area (Å²) in [6.07, 6.45) is 4.21. The van der Waals surface area contributed by atoms with Crippen molar-refractivity contribution in [2.24, 2.45) is 0 Å². The van der Waals surface area contributed by atoms with Gasteiger partial charge in [0, 0.05) is 20.1 Å². The van der Waals surface area contributed by atoms with Gasteiger partial charge in [0.1, 0.15) is 11.5 Å². The fourth-order valence-electron chi connectivity index (χ4n) is 1.98. The van der Waals surface area contributed by atoms with Gasteiger partial charge >= 0.3 is 0 Å². The Morgan fingerprint density at radius 1 is 0.955 bits per heavy atom. The summed E-state index contributed by atoms with van der Waals surface area (Å²) in [5.74, 6) is 1.36. The fraction of sp³-hybridized carbons (Fsp3) is 0.333. The molecule has 2 aromatic carbocycles. The number of rotatable bonds is 2. The second-order valence-corrected chi connectivity index (χ2v) is 7.13. The summed E-state index contributed by atoms with van der Waals surface area (Å²) in [4.78, 5) is 0. The van der Waals surface area contributed by atoms with E-state index in [1.165, 1.54) is 24.8 Å². The Bertz CT molecular complexity index is 617. The zero-order valence-corrected chi connectivity index (χ0v) is 15.9. The van der Waals surface area contributed by atoms with Crippen LogP contribution in [0.15, 0.2) is 45.3 Å². The van der Waals surface area contributed by atoms with Gasteiger partial charge in [-0.05, 0) is 57.4 Å². The minimum atomic E-state index is 0.337. The first-order chi connectivity index (χ1) is 10.5. The highest BCUT2D eigenvalue weighted by atomic mass is 79.9. The molecule has 0 amide bonds. The molecule has 0 aliphatic heterocycles. The molecule has 0 heterocycles. The molecule has 1 aliphatic carbocycles. The van der Waals surface area contributed by atoms with E-state index < -0.39 is 0 Å². The third kappa shape index (κ3) is 4.50. The molecule has 2 nitrogen and oxygen atoms in total. The molecule has 0 atom stereocenters. The predicted molar refractivity (Wildman–Crippen MR) is 97.7 cm³/mol. The highest BCUT2D eigenvalue weighted by Crippen LogP contribution is 2.30. The summed E-state index contributed by atoms with van der Waals surface area (Å²) in [5.41, 5.74) is 2.09. The Hall–Kier alpha value is -1.000. The molecule has 0 spiro atoms. The van der Waals surface area contributed by atoms with E-state index in [4.69, 9.17) is 9.84 Å². The number of halogens is 2. The van der Waals surface area contributed by atoms with Crippen LogP contribution in [0.3, 0.4) is 0 Å². The summed E-state index contributed by atoms with van der Waals surface area (Å²) in [6.45, 7) is 3.94. The van der Waals surface area contributed by atoms with Gasteiger partial charge < -0.3 is 9.84 Å². The second kappa shape index (κ2) is 8.02. The first-order valence-corrected chi connectivity index (χ1v) is 8.93. The lowest BCUT2D eigenvalue weighted by molar-refractivity contribution is 0.119.